The average Bonchev–Trinajstić information content (AvgIpc) is 2.75. The van der Waals surface area contributed by atoms with E-state index >= 15 is 0 Å². The summed E-state index contributed by atoms with van der Waals surface area (Å²) in [7, 11) is 0. The van der Waals surface area contributed by atoms with Gasteiger partial charge in [0.15, 0.2) is 0 Å². The van der Waals surface area contributed by atoms with Crippen molar-refractivity contribution in [1.29, 1.82) is 0 Å². The summed E-state index contributed by atoms with van der Waals surface area (Å²) in [6, 6.07) is 5.97. The zero-order valence-electron chi connectivity index (χ0n) is 9.31. The van der Waals surface area contributed by atoms with Crippen LogP contribution in [0.4, 0.5) is 5.69 Å². The van der Waals surface area contributed by atoms with Crippen LogP contribution in [-0.2, 0) is 0 Å². The molecule has 0 saturated carbocycles. The first kappa shape index (κ1) is 14.3. The zero-order chi connectivity index (χ0) is 14.0. The van der Waals surface area contributed by atoms with E-state index in [1.807, 2.05) is 0 Å². The van der Waals surface area contributed by atoms with Crippen molar-refractivity contribution in [3.63, 3.8) is 0 Å². The third-order valence-corrected chi connectivity index (χ3v) is 4.31. The van der Waals surface area contributed by atoms with Gasteiger partial charge in [0.05, 0.1) is 19.7 Å². The van der Waals surface area contributed by atoms with Crippen LogP contribution in [0.25, 0.3) is 0 Å². The number of benzene rings is 1. The van der Waals surface area contributed by atoms with E-state index in [0.29, 0.717) is 10.6 Å². The van der Waals surface area contributed by atoms with Gasteiger partial charge in [-0.3, -0.25) is 4.79 Å². The minimum absolute atomic E-state index is 0.00248. The summed E-state index contributed by atoms with van der Waals surface area (Å²) in [5.74, 6) is -1.48. The quantitative estimate of drug-likeness (QED) is 0.757. The van der Waals surface area contributed by atoms with Crippen LogP contribution in [-0.4, -0.2) is 17.0 Å². The second kappa shape index (κ2) is 5.89. The second-order valence-corrected chi connectivity index (χ2v) is 6.83. The fourth-order valence-corrected chi connectivity index (χ4v) is 2.93. The number of hydrogen-bond acceptors (Lipinski definition) is 3. The molecule has 7 heteroatoms. The number of anilines is 1. The SMILES string of the molecule is O=C(Nc1cc(Cl)ccc1C(=O)O)c1csc(I)c1. The Morgan fingerprint density at radius 1 is 1.32 bits per heavy atom. The van der Waals surface area contributed by atoms with Crippen molar-refractivity contribution >= 4 is 63.1 Å². The Kier molecular flexibility index (Phi) is 4.43. The van der Waals surface area contributed by atoms with Crippen LogP contribution >= 0.6 is 45.5 Å². The number of carbonyl (C=O) groups excluding carboxylic acids is 1. The van der Waals surface area contributed by atoms with Crippen LogP contribution < -0.4 is 5.32 Å². The standard InChI is InChI=1S/C12H7ClINO3S/c13-7-1-2-8(12(17)18)9(4-7)15-11(16)6-3-10(14)19-5-6/h1-5H,(H,15,16)(H,17,18). The van der Waals surface area contributed by atoms with Crippen molar-refractivity contribution < 1.29 is 14.7 Å². The lowest BCUT2D eigenvalue weighted by Gasteiger charge is -2.08. The summed E-state index contributed by atoms with van der Waals surface area (Å²) in [5, 5.41) is 13.7. The number of hydrogen-bond donors (Lipinski definition) is 2. The van der Waals surface area contributed by atoms with E-state index < -0.39 is 5.97 Å². The molecule has 0 aliphatic rings. The molecule has 4 nitrogen and oxygen atoms in total. The smallest absolute Gasteiger partial charge is 0.337 e. The number of aromatic carboxylic acids is 1. The topological polar surface area (TPSA) is 66.4 Å². The predicted molar refractivity (Wildman–Crippen MR) is 83.4 cm³/mol. The third-order valence-electron chi connectivity index (χ3n) is 2.29. The Morgan fingerprint density at radius 3 is 2.63 bits per heavy atom. The molecule has 0 fully saturated rings. The first-order chi connectivity index (χ1) is 8.97. The van der Waals surface area contributed by atoms with Gasteiger partial charge in [0.1, 0.15) is 0 Å². The van der Waals surface area contributed by atoms with E-state index in [1.54, 1.807) is 11.4 Å². The van der Waals surface area contributed by atoms with E-state index in [9.17, 15) is 9.59 Å². The first-order valence-electron chi connectivity index (χ1n) is 5.05. The van der Waals surface area contributed by atoms with Crippen LogP contribution in [0.5, 0.6) is 0 Å². The molecule has 0 spiro atoms. The number of thiophene rings is 1. The zero-order valence-corrected chi connectivity index (χ0v) is 13.0. The van der Waals surface area contributed by atoms with Crippen LogP contribution in [0.15, 0.2) is 29.6 Å². The first-order valence-corrected chi connectivity index (χ1v) is 7.39. The fourth-order valence-electron chi connectivity index (χ4n) is 1.43. The summed E-state index contributed by atoms with van der Waals surface area (Å²) in [6.45, 7) is 0. The number of halogens is 2. The number of nitrogens with one attached hydrogen (secondary N) is 1. The molecule has 0 aliphatic carbocycles. The van der Waals surface area contributed by atoms with Gasteiger partial charge >= 0.3 is 5.97 Å². The molecule has 1 heterocycles. The molecule has 0 radical (unpaired) electrons. The summed E-state index contributed by atoms with van der Waals surface area (Å²) < 4.78 is 0.979. The van der Waals surface area contributed by atoms with Crippen LogP contribution in [0.2, 0.25) is 5.02 Å². The van der Waals surface area contributed by atoms with E-state index in [1.165, 1.54) is 29.5 Å². The lowest BCUT2D eigenvalue weighted by Crippen LogP contribution is -2.14. The number of amides is 1. The Labute approximate surface area is 131 Å². The Balaban J connectivity index is 2.30. The lowest BCUT2D eigenvalue weighted by atomic mass is 10.1. The summed E-state index contributed by atoms with van der Waals surface area (Å²) >= 11 is 9.36. The predicted octanol–water partition coefficient (Wildman–Crippen LogP) is 3.96. The highest BCUT2D eigenvalue weighted by atomic mass is 127. The molecule has 0 aliphatic heterocycles. The molecule has 19 heavy (non-hydrogen) atoms. The van der Waals surface area contributed by atoms with Gasteiger partial charge in [0.25, 0.3) is 5.91 Å². The molecule has 0 bridgehead atoms. The molecule has 0 unspecified atom stereocenters. The number of carboxylic acids is 1. The summed E-state index contributed by atoms with van der Waals surface area (Å²) in [5.41, 5.74) is 0.680. The highest BCUT2D eigenvalue weighted by molar-refractivity contribution is 14.1. The molecular formula is C12H7ClINO3S. The molecule has 0 saturated heterocycles. The van der Waals surface area contributed by atoms with Crippen molar-refractivity contribution in [1.82, 2.24) is 0 Å². The average molecular weight is 408 g/mol. The van der Waals surface area contributed by atoms with Crippen LogP contribution in [0.3, 0.4) is 0 Å². The maximum atomic E-state index is 12.0. The van der Waals surface area contributed by atoms with E-state index in [-0.39, 0.29) is 17.2 Å². The maximum Gasteiger partial charge on any atom is 0.337 e. The van der Waals surface area contributed by atoms with Gasteiger partial charge in [-0.1, -0.05) is 11.6 Å². The van der Waals surface area contributed by atoms with Crippen LogP contribution in [0.1, 0.15) is 20.7 Å². The van der Waals surface area contributed by atoms with Gasteiger partial charge in [-0.15, -0.1) is 11.3 Å². The van der Waals surface area contributed by atoms with Gasteiger partial charge < -0.3 is 10.4 Å². The monoisotopic (exact) mass is 407 g/mol. The minimum Gasteiger partial charge on any atom is -0.478 e. The van der Waals surface area contributed by atoms with Crippen molar-refractivity contribution in [2.45, 2.75) is 0 Å². The molecule has 1 amide bonds. The Hall–Kier alpha value is -1.12. The summed E-state index contributed by atoms with van der Waals surface area (Å²) in [6.07, 6.45) is 0. The highest BCUT2D eigenvalue weighted by Crippen LogP contribution is 2.23. The molecular weight excluding hydrogens is 401 g/mol. The van der Waals surface area contributed by atoms with Crippen LogP contribution in [0, 0.1) is 2.88 Å². The Morgan fingerprint density at radius 2 is 2.05 bits per heavy atom. The summed E-state index contributed by atoms with van der Waals surface area (Å²) in [4.78, 5) is 23.0. The van der Waals surface area contributed by atoms with Gasteiger partial charge in [0, 0.05) is 10.4 Å². The van der Waals surface area contributed by atoms with Gasteiger partial charge in [-0.2, -0.15) is 0 Å². The highest BCUT2D eigenvalue weighted by Gasteiger charge is 2.14. The molecule has 2 aromatic rings. The Bertz CT molecular complexity index is 656. The van der Waals surface area contributed by atoms with Gasteiger partial charge in [0.2, 0.25) is 0 Å². The van der Waals surface area contributed by atoms with Crippen molar-refractivity contribution in [2.24, 2.45) is 0 Å². The van der Waals surface area contributed by atoms with Gasteiger partial charge in [-0.05, 0) is 46.9 Å². The molecule has 1 aromatic carbocycles. The van der Waals surface area contributed by atoms with E-state index in [2.05, 4.69) is 27.9 Å². The molecule has 0 atom stereocenters. The maximum absolute atomic E-state index is 12.0. The number of carboxylic acid groups (broad SMARTS) is 1. The molecule has 2 rings (SSSR count). The largest absolute Gasteiger partial charge is 0.478 e. The van der Waals surface area contributed by atoms with Crippen molar-refractivity contribution in [2.75, 3.05) is 5.32 Å². The lowest BCUT2D eigenvalue weighted by molar-refractivity contribution is 0.0698. The minimum atomic E-state index is -1.12. The normalized spacial score (nSPS) is 10.2. The van der Waals surface area contributed by atoms with E-state index in [0.717, 1.165) is 2.88 Å². The van der Waals surface area contributed by atoms with Crippen molar-refractivity contribution in [3.05, 3.63) is 48.7 Å². The second-order valence-electron chi connectivity index (χ2n) is 3.59. The molecule has 98 valence electrons. The van der Waals surface area contributed by atoms with Gasteiger partial charge in [-0.25, -0.2) is 4.79 Å². The van der Waals surface area contributed by atoms with Crippen molar-refractivity contribution in [3.8, 4) is 0 Å². The van der Waals surface area contributed by atoms with E-state index in [4.69, 9.17) is 16.7 Å². The number of rotatable bonds is 3. The fraction of sp³-hybridized carbons (Fsp3) is 0. The molecule has 1 aromatic heterocycles. The third kappa shape index (κ3) is 3.46. The molecule has 2 N–H and O–H groups in total. The number of carbonyl (C=O) groups is 2.